The molecule has 0 rings (SSSR count). The van der Waals surface area contributed by atoms with Crippen LogP contribution >= 0.6 is 0 Å². The van der Waals surface area contributed by atoms with Crippen LogP contribution in [0.2, 0.25) is 0 Å². The summed E-state index contributed by atoms with van der Waals surface area (Å²) >= 11 is 0. The summed E-state index contributed by atoms with van der Waals surface area (Å²) in [5.41, 5.74) is 0. The minimum absolute atomic E-state index is 0. The SMILES string of the molecule is CCO.C[C-](C)C.[Na+]. The van der Waals surface area contributed by atoms with E-state index in [1.165, 1.54) is 5.92 Å². The van der Waals surface area contributed by atoms with Gasteiger partial charge in [-0.15, -0.1) is 0 Å². The van der Waals surface area contributed by atoms with Crippen LogP contribution in [0.15, 0.2) is 0 Å². The first-order valence-electron chi connectivity index (χ1n) is 2.52. The molecule has 0 aliphatic heterocycles. The second kappa shape index (κ2) is 15.7. The van der Waals surface area contributed by atoms with Crippen molar-refractivity contribution in [2.45, 2.75) is 27.7 Å². The van der Waals surface area contributed by atoms with Crippen molar-refractivity contribution >= 4 is 0 Å². The molecule has 46 valence electrons. The molecule has 0 saturated heterocycles. The van der Waals surface area contributed by atoms with Crippen LogP contribution in [-0.4, -0.2) is 11.7 Å². The van der Waals surface area contributed by atoms with Gasteiger partial charge in [-0.25, -0.2) is 0 Å². The van der Waals surface area contributed by atoms with Crippen molar-refractivity contribution in [3.8, 4) is 0 Å². The second-order valence-electron chi connectivity index (χ2n) is 1.82. The van der Waals surface area contributed by atoms with Crippen LogP contribution < -0.4 is 29.6 Å². The zero-order valence-corrected chi connectivity index (χ0v) is 8.65. The van der Waals surface area contributed by atoms with Crippen LogP contribution in [0.5, 0.6) is 0 Å². The van der Waals surface area contributed by atoms with Crippen LogP contribution in [0.25, 0.3) is 0 Å². The molecule has 0 fully saturated rings. The fourth-order valence-electron chi connectivity index (χ4n) is 0. The van der Waals surface area contributed by atoms with E-state index in [4.69, 9.17) is 5.11 Å². The van der Waals surface area contributed by atoms with Crippen LogP contribution in [0.4, 0.5) is 0 Å². The van der Waals surface area contributed by atoms with E-state index in [2.05, 4.69) is 20.8 Å². The molecule has 0 saturated carbocycles. The van der Waals surface area contributed by atoms with Crippen molar-refractivity contribution in [1.82, 2.24) is 0 Å². The molecule has 0 aromatic rings. The number of aliphatic hydroxyl groups is 1. The molecule has 0 bridgehead atoms. The molecule has 0 aromatic carbocycles. The fraction of sp³-hybridized carbons (Fsp3) is 0.833. The van der Waals surface area contributed by atoms with Crippen molar-refractivity contribution in [3.63, 3.8) is 0 Å². The Morgan fingerprint density at radius 1 is 1.25 bits per heavy atom. The van der Waals surface area contributed by atoms with Crippen molar-refractivity contribution in [1.29, 1.82) is 0 Å². The van der Waals surface area contributed by atoms with Crippen LogP contribution in [0.1, 0.15) is 27.7 Å². The molecular weight excluding hydrogens is 111 g/mol. The van der Waals surface area contributed by atoms with Crippen molar-refractivity contribution in [2.24, 2.45) is 0 Å². The summed E-state index contributed by atoms with van der Waals surface area (Å²) in [6.07, 6.45) is 0. The largest absolute Gasteiger partial charge is 1.00 e. The minimum atomic E-state index is 0. The normalized spacial score (nSPS) is 6.75. The molecule has 0 amide bonds. The minimum Gasteiger partial charge on any atom is -0.397 e. The molecule has 0 aliphatic carbocycles. The van der Waals surface area contributed by atoms with Crippen LogP contribution in [0, 0.1) is 5.92 Å². The Morgan fingerprint density at radius 2 is 1.25 bits per heavy atom. The first-order valence-corrected chi connectivity index (χ1v) is 2.52. The third-order valence-corrected chi connectivity index (χ3v) is 0. The summed E-state index contributed by atoms with van der Waals surface area (Å²) in [7, 11) is 0. The molecule has 0 spiro atoms. The zero-order valence-electron chi connectivity index (χ0n) is 6.65. The Hall–Kier alpha value is 0.960. The molecule has 0 atom stereocenters. The summed E-state index contributed by atoms with van der Waals surface area (Å²) in [4.78, 5) is 0. The van der Waals surface area contributed by atoms with Gasteiger partial charge in [-0.2, -0.15) is 20.8 Å². The maximum Gasteiger partial charge on any atom is 1.00 e. The molecule has 0 heterocycles. The Balaban J connectivity index is -0.0000000575. The Bertz CT molecular complexity index is 19.7. The van der Waals surface area contributed by atoms with E-state index < -0.39 is 0 Å². The van der Waals surface area contributed by atoms with Crippen molar-refractivity contribution in [3.05, 3.63) is 5.92 Å². The van der Waals surface area contributed by atoms with Gasteiger partial charge in [-0.1, -0.05) is 0 Å². The van der Waals surface area contributed by atoms with Gasteiger partial charge in [0.2, 0.25) is 0 Å². The van der Waals surface area contributed by atoms with Gasteiger partial charge in [0.05, 0.1) is 0 Å². The smallest absolute Gasteiger partial charge is 0.397 e. The molecule has 0 aliphatic rings. The van der Waals surface area contributed by atoms with Crippen molar-refractivity contribution in [2.75, 3.05) is 6.61 Å². The van der Waals surface area contributed by atoms with E-state index in [0.29, 0.717) is 0 Å². The standard InChI is InChI=1S/C4H9.C2H6O.Na/c1-4(2)3;1-2-3;/h1-3H3;3H,2H2,1H3;/q-1;;+1. The Kier molecular flexibility index (Phi) is 31.3. The maximum atomic E-state index is 7.57. The average Bonchev–Trinajstić information content (AvgIpc) is 1.33. The quantitative estimate of drug-likeness (QED) is 0.313. The summed E-state index contributed by atoms with van der Waals surface area (Å²) in [6.45, 7) is 8.18. The Labute approximate surface area is 74.8 Å². The summed E-state index contributed by atoms with van der Waals surface area (Å²) in [6, 6.07) is 0. The van der Waals surface area contributed by atoms with Crippen LogP contribution in [0.3, 0.4) is 0 Å². The average molecular weight is 126 g/mol. The van der Waals surface area contributed by atoms with Gasteiger partial charge >= 0.3 is 29.6 Å². The molecule has 0 unspecified atom stereocenters. The maximum absolute atomic E-state index is 7.57. The molecule has 2 heteroatoms. The fourth-order valence-corrected chi connectivity index (χ4v) is 0. The second-order valence-corrected chi connectivity index (χ2v) is 1.82. The number of hydrogen-bond acceptors (Lipinski definition) is 1. The topological polar surface area (TPSA) is 20.2 Å². The monoisotopic (exact) mass is 126 g/mol. The first-order chi connectivity index (χ1) is 3.15. The van der Waals surface area contributed by atoms with E-state index in [0.717, 1.165) is 0 Å². The van der Waals surface area contributed by atoms with Gasteiger partial charge in [0.15, 0.2) is 0 Å². The summed E-state index contributed by atoms with van der Waals surface area (Å²) in [5.74, 6) is 1.42. The van der Waals surface area contributed by atoms with Gasteiger partial charge < -0.3 is 11.0 Å². The van der Waals surface area contributed by atoms with Gasteiger partial charge in [-0.05, 0) is 6.92 Å². The van der Waals surface area contributed by atoms with Gasteiger partial charge in [0.25, 0.3) is 0 Å². The molecule has 1 N–H and O–H groups in total. The van der Waals surface area contributed by atoms with E-state index >= 15 is 0 Å². The first kappa shape index (κ1) is 16.0. The summed E-state index contributed by atoms with van der Waals surface area (Å²) in [5, 5.41) is 7.57. The third-order valence-electron chi connectivity index (χ3n) is 0. The molecule has 0 aromatic heterocycles. The van der Waals surface area contributed by atoms with E-state index in [-0.39, 0.29) is 36.2 Å². The van der Waals surface area contributed by atoms with Gasteiger partial charge in [0.1, 0.15) is 0 Å². The van der Waals surface area contributed by atoms with E-state index in [9.17, 15) is 0 Å². The van der Waals surface area contributed by atoms with Gasteiger partial charge in [0, 0.05) is 6.61 Å². The van der Waals surface area contributed by atoms with Crippen molar-refractivity contribution < 1.29 is 34.7 Å². The predicted molar refractivity (Wildman–Crippen MR) is 33.0 cm³/mol. The molecular formula is C6H15NaO. The van der Waals surface area contributed by atoms with E-state index in [1.54, 1.807) is 6.92 Å². The molecule has 1 nitrogen and oxygen atoms in total. The molecule has 0 radical (unpaired) electrons. The zero-order chi connectivity index (χ0) is 6.28. The van der Waals surface area contributed by atoms with Gasteiger partial charge in [-0.3, -0.25) is 0 Å². The van der Waals surface area contributed by atoms with Crippen LogP contribution in [-0.2, 0) is 0 Å². The number of hydrogen-bond donors (Lipinski definition) is 1. The Morgan fingerprint density at radius 3 is 1.25 bits per heavy atom. The summed E-state index contributed by atoms with van der Waals surface area (Å²) < 4.78 is 0. The predicted octanol–water partition coefficient (Wildman–Crippen LogP) is -1.38. The number of rotatable bonds is 0. The number of aliphatic hydroxyl groups excluding tert-OH is 1. The van der Waals surface area contributed by atoms with E-state index in [1.807, 2.05) is 0 Å². The third kappa shape index (κ3) is 268. The molecule has 8 heavy (non-hydrogen) atoms.